The quantitative estimate of drug-likeness (QED) is 0.871. The van der Waals surface area contributed by atoms with Gasteiger partial charge in [0, 0.05) is 22.9 Å². The van der Waals surface area contributed by atoms with Crippen molar-refractivity contribution >= 4 is 11.8 Å². The van der Waals surface area contributed by atoms with E-state index in [1.807, 2.05) is 18.2 Å². The van der Waals surface area contributed by atoms with E-state index in [1.165, 1.54) is 4.90 Å². The topological polar surface area (TPSA) is 38.7 Å². The molecule has 21 heavy (non-hydrogen) atoms. The van der Waals surface area contributed by atoms with Crippen LogP contribution < -0.4 is 9.47 Å². The average molecular weight is 302 g/mol. The summed E-state index contributed by atoms with van der Waals surface area (Å²) in [5.41, 5.74) is 1.91. The average Bonchev–Trinajstić information content (AvgIpc) is 2.54. The molecular formula is C17H18O3S. The summed E-state index contributed by atoms with van der Waals surface area (Å²) in [6, 6.07) is 13.8. The van der Waals surface area contributed by atoms with Crippen LogP contribution in [0.25, 0.3) is 0 Å². The second-order valence-electron chi connectivity index (χ2n) is 5.03. The van der Waals surface area contributed by atoms with Gasteiger partial charge in [-0.15, -0.1) is 11.8 Å². The molecule has 4 heteroatoms. The summed E-state index contributed by atoms with van der Waals surface area (Å²) < 4.78 is 11.3. The van der Waals surface area contributed by atoms with Crippen molar-refractivity contribution in [1.29, 1.82) is 0 Å². The molecule has 0 amide bonds. The van der Waals surface area contributed by atoms with Gasteiger partial charge in [-0.3, -0.25) is 0 Å². The monoisotopic (exact) mass is 302 g/mol. The molecule has 1 unspecified atom stereocenters. The standard InChI is InChI=1S/C17H18O3S/c1-19-12-5-8-14-15(18)10-16(20-17(14)9-12)11-3-6-13(21-2)7-4-11/h3-9,15-16,18H,10H2,1-2H3/t15-,16?/m1/s1. The second-order valence-corrected chi connectivity index (χ2v) is 5.91. The fourth-order valence-electron chi connectivity index (χ4n) is 2.57. The zero-order valence-electron chi connectivity index (χ0n) is 12.1. The van der Waals surface area contributed by atoms with E-state index in [2.05, 4.69) is 30.5 Å². The van der Waals surface area contributed by atoms with Gasteiger partial charge in [0.2, 0.25) is 0 Å². The second kappa shape index (κ2) is 6.00. The van der Waals surface area contributed by atoms with E-state index < -0.39 is 6.10 Å². The molecule has 0 fully saturated rings. The highest BCUT2D eigenvalue weighted by Gasteiger charge is 2.28. The molecule has 0 aromatic heterocycles. The number of benzene rings is 2. The van der Waals surface area contributed by atoms with Gasteiger partial charge in [0.15, 0.2) is 0 Å². The summed E-state index contributed by atoms with van der Waals surface area (Å²) in [5, 5.41) is 10.3. The lowest BCUT2D eigenvalue weighted by Crippen LogP contribution is -2.19. The van der Waals surface area contributed by atoms with E-state index in [0.717, 1.165) is 16.9 Å². The molecule has 0 saturated carbocycles. The van der Waals surface area contributed by atoms with Crippen LogP contribution in [0, 0.1) is 0 Å². The number of methoxy groups -OCH3 is 1. The van der Waals surface area contributed by atoms with Gasteiger partial charge in [-0.2, -0.15) is 0 Å². The Morgan fingerprint density at radius 1 is 1.19 bits per heavy atom. The maximum atomic E-state index is 10.3. The molecule has 0 saturated heterocycles. The van der Waals surface area contributed by atoms with Gasteiger partial charge >= 0.3 is 0 Å². The van der Waals surface area contributed by atoms with Gasteiger partial charge in [0.05, 0.1) is 13.2 Å². The number of fused-ring (bicyclic) bond motifs is 1. The molecule has 2 aromatic carbocycles. The lowest BCUT2D eigenvalue weighted by molar-refractivity contribution is 0.0654. The molecule has 1 N–H and O–H groups in total. The van der Waals surface area contributed by atoms with Crippen LogP contribution in [0.2, 0.25) is 0 Å². The molecule has 2 aromatic rings. The Bertz CT molecular complexity index is 624. The summed E-state index contributed by atoms with van der Waals surface area (Å²) in [6.45, 7) is 0. The van der Waals surface area contributed by atoms with E-state index in [4.69, 9.17) is 9.47 Å². The Morgan fingerprint density at radius 2 is 1.95 bits per heavy atom. The first-order valence-corrected chi connectivity index (χ1v) is 8.10. The molecule has 3 nitrogen and oxygen atoms in total. The van der Waals surface area contributed by atoms with E-state index in [0.29, 0.717) is 12.2 Å². The van der Waals surface area contributed by atoms with Crippen LogP contribution in [0.5, 0.6) is 11.5 Å². The van der Waals surface area contributed by atoms with Crippen molar-refractivity contribution in [2.45, 2.75) is 23.5 Å². The predicted molar refractivity (Wildman–Crippen MR) is 84.2 cm³/mol. The molecular weight excluding hydrogens is 284 g/mol. The Hall–Kier alpha value is -1.65. The van der Waals surface area contributed by atoms with E-state index in [-0.39, 0.29) is 6.10 Å². The number of aliphatic hydroxyl groups excluding tert-OH is 1. The minimum absolute atomic E-state index is 0.129. The van der Waals surface area contributed by atoms with Crippen LogP contribution in [0.1, 0.15) is 29.8 Å². The van der Waals surface area contributed by atoms with Gasteiger partial charge in [-0.1, -0.05) is 12.1 Å². The molecule has 110 valence electrons. The van der Waals surface area contributed by atoms with E-state index >= 15 is 0 Å². The third-order valence-corrected chi connectivity index (χ3v) is 4.52. The Morgan fingerprint density at radius 3 is 2.62 bits per heavy atom. The summed E-state index contributed by atoms with van der Waals surface area (Å²) in [5.74, 6) is 1.44. The van der Waals surface area contributed by atoms with Gasteiger partial charge in [-0.25, -0.2) is 0 Å². The first-order chi connectivity index (χ1) is 10.2. The number of ether oxygens (including phenoxy) is 2. The first-order valence-electron chi connectivity index (χ1n) is 6.88. The summed E-state index contributed by atoms with van der Waals surface area (Å²) in [4.78, 5) is 1.22. The summed E-state index contributed by atoms with van der Waals surface area (Å²) in [6.07, 6.45) is 1.98. The summed E-state index contributed by atoms with van der Waals surface area (Å²) >= 11 is 1.71. The Balaban J connectivity index is 1.89. The van der Waals surface area contributed by atoms with Crippen molar-refractivity contribution in [3.63, 3.8) is 0 Å². The van der Waals surface area contributed by atoms with Gasteiger partial charge < -0.3 is 14.6 Å². The maximum Gasteiger partial charge on any atom is 0.129 e. The van der Waals surface area contributed by atoms with E-state index in [1.54, 1.807) is 18.9 Å². The highest BCUT2D eigenvalue weighted by Crippen LogP contribution is 2.42. The molecule has 0 aliphatic carbocycles. The Labute approximate surface area is 128 Å². The number of hydrogen-bond acceptors (Lipinski definition) is 4. The van der Waals surface area contributed by atoms with Crippen LogP contribution >= 0.6 is 11.8 Å². The van der Waals surface area contributed by atoms with Crippen LogP contribution in [0.15, 0.2) is 47.4 Å². The zero-order chi connectivity index (χ0) is 14.8. The van der Waals surface area contributed by atoms with Crippen molar-refractivity contribution in [1.82, 2.24) is 0 Å². The highest BCUT2D eigenvalue weighted by molar-refractivity contribution is 7.98. The van der Waals surface area contributed by atoms with Crippen molar-refractivity contribution in [3.8, 4) is 11.5 Å². The lowest BCUT2D eigenvalue weighted by Gasteiger charge is -2.30. The van der Waals surface area contributed by atoms with Crippen molar-refractivity contribution < 1.29 is 14.6 Å². The molecule has 0 radical (unpaired) electrons. The van der Waals surface area contributed by atoms with Crippen molar-refractivity contribution in [3.05, 3.63) is 53.6 Å². The number of aliphatic hydroxyl groups is 1. The largest absolute Gasteiger partial charge is 0.497 e. The fourth-order valence-corrected chi connectivity index (χ4v) is 2.98. The lowest BCUT2D eigenvalue weighted by atomic mass is 9.95. The Kier molecular flexibility index (Phi) is 4.08. The molecule has 1 aliphatic rings. The third-order valence-electron chi connectivity index (χ3n) is 3.77. The van der Waals surface area contributed by atoms with Crippen LogP contribution in [-0.2, 0) is 0 Å². The van der Waals surface area contributed by atoms with E-state index in [9.17, 15) is 5.11 Å². The summed E-state index contributed by atoms with van der Waals surface area (Å²) in [7, 11) is 1.62. The van der Waals surface area contributed by atoms with Crippen LogP contribution in [0.3, 0.4) is 0 Å². The zero-order valence-corrected chi connectivity index (χ0v) is 12.9. The normalized spacial score (nSPS) is 20.5. The van der Waals surface area contributed by atoms with Crippen LogP contribution in [0.4, 0.5) is 0 Å². The maximum absolute atomic E-state index is 10.3. The van der Waals surface area contributed by atoms with Crippen molar-refractivity contribution in [2.24, 2.45) is 0 Å². The molecule has 1 aliphatic heterocycles. The molecule has 1 heterocycles. The number of thioether (sulfide) groups is 1. The number of hydrogen-bond donors (Lipinski definition) is 1. The highest BCUT2D eigenvalue weighted by atomic mass is 32.2. The van der Waals surface area contributed by atoms with Gasteiger partial charge in [-0.05, 0) is 36.1 Å². The van der Waals surface area contributed by atoms with Crippen LogP contribution in [-0.4, -0.2) is 18.5 Å². The molecule has 2 atom stereocenters. The van der Waals surface area contributed by atoms with Crippen molar-refractivity contribution in [2.75, 3.05) is 13.4 Å². The minimum Gasteiger partial charge on any atom is -0.497 e. The minimum atomic E-state index is -0.509. The predicted octanol–water partition coefficient (Wildman–Crippen LogP) is 3.97. The molecule has 3 rings (SSSR count). The fraction of sp³-hybridized carbons (Fsp3) is 0.294. The SMILES string of the molecule is COc1ccc2c(c1)OC(c1ccc(SC)cc1)C[C@H]2O. The van der Waals surface area contributed by atoms with Gasteiger partial charge in [0.1, 0.15) is 17.6 Å². The van der Waals surface area contributed by atoms with Gasteiger partial charge in [0.25, 0.3) is 0 Å². The third kappa shape index (κ3) is 2.87. The number of rotatable bonds is 3. The first kappa shape index (κ1) is 14.3. The smallest absolute Gasteiger partial charge is 0.129 e. The molecule has 0 bridgehead atoms. The molecule has 0 spiro atoms.